The molecule has 0 aliphatic rings. The lowest BCUT2D eigenvalue weighted by atomic mass is 10.1. The lowest BCUT2D eigenvalue weighted by Crippen LogP contribution is -2.34. The van der Waals surface area contributed by atoms with E-state index in [2.05, 4.69) is 5.32 Å². The monoisotopic (exact) mass is 308 g/mol. The summed E-state index contributed by atoms with van der Waals surface area (Å²) < 4.78 is 37.6. The van der Waals surface area contributed by atoms with Gasteiger partial charge in [-0.25, -0.2) is 0 Å². The Hall–Kier alpha value is -0.940. The Kier molecular flexibility index (Phi) is 6.14. The molecule has 1 aromatic rings. The van der Waals surface area contributed by atoms with Gasteiger partial charge in [-0.3, -0.25) is 0 Å². The fourth-order valence-corrected chi connectivity index (χ4v) is 2.37. The van der Waals surface area contributed by atoms with Gasteiger partial charge < -0.3 is 10.2 Å². The van der Waals surface area contributed by atoms with Crippen molar-refractivity contribution in [2.24, 2.45) is 0 Å². The molecule has 114 valence electrons. The van der Waals surface area contributed by atoms with Gasteiger partial charge in [-0.2, -0.15) is 13.2 Å². The molecule has 0 bridgehead atoms. The van der Waals surface area contributed by atoms with Gasteiger partial charge in [0, 0.05) is 12.6 Å². The molecule has 0 amide bonds. The van der Waals surface area contributed by atoms with Crippen molar-refractivity contribution in [2.75, 3.05) is 24.5 Å². The normalized spacial score (nSPS) is 13.3. The number of hydrogen-bond donors (Lipinski definition) is 1. The number of nitrogens with one attached hydrogen (secondary N) is 1. The third kappa shape index (κ3) is 4.87. The Morgan fingerprint density at radius 1 is 1.30 bits per heavy atom. The summed E-state index contributed by atoms with van der Waals surface area (Å²) in [7, 11) is 0. The maximum atomic E-state index is 12.5. The molecular formula is C14H20ClF3N2. The molecular weight excluding hydrogens is 289 g/mol. The Balaban J connectivity index is 2.96. The lowest BCUT2D eigenvalue weighted by Gasteiger charge is -2.26. The lowest BCUT2D eigenvalue weighted by molar-refractivity contribution is -0.119. The minimum Gasteiger partial charge on any atom is -0.362 e. The highest BCUT2D eigenvalue weighted by molar-refractivity contribution is 6.33. The third-order valence-corrected chi connectivity index (χ3v) is 3.38. The average Bonchev–Trinajstić information content (AvgIpc) is 2.35. The maximum Gasteiger partial charge on any atom is 0.405 e. The molecule has 20 heavy (non-hydrogen) atoms. The molecule has 0 heterocycles. The molecule has 0 aromatic heterocycles. The second kappa shape index (κ2) is 7.18. The van der Waals surface area contributed by atoms with E-state index in [1.54, 1.807) is 19.1 Å². The molecule has 0 saturated heterocycles. The largest absolute Gasteiger partial charge is 0.405 e. The molecule has 1 N–H and O–H groups in total. The second-order valence-electron chi connectivity index (χ2n) is 4.62. The van der Waals surface area contributed by atoms with Gasteiger partial charge in [0.05, 0.1) is 10.7 Å². The molecule has 0 fully saturated rings. The molecule has 1 rings (SSSR count). The molecule has 0 radical (unpaired) electrons. The van der Waals surface area contributed by atoms with Crippen LogP contribution in [0, 0.1) is 0 Å². The Bertz CT molecular complexity index is 435. The van der Waals surface area contributed by atoms with E-state index >= 15 is 0 Å². The number of hydrogen-bond acceptors (Lipinski definition) is 2. The van der Waals surface area contributed by atoms with E-state index in [0.29, 0.717) is 10.7 Å². The quantitative estimate of drug-likeness (QED) is 0.838. The van der Waals surface area contributed by atoms with Crippen LogP contribution in [0.25, 0.3) is 0 Å². The van der Waals surface area contributed by atoms with E-state index < -0.39 is 12.7 Å². The van der Waals surface area contributed by atoms with Gasteiger partial charge in [0.15, 0.2) is 0 Å². The van der Waals surface area contributed by atoms with E-state index in [0.717, 1.165) is 12.1 Å². The minimum absolute atomic E-state index is 0.115. The highest BCUT2D eigenvalue weighted by Crippen LogP contribution is 2.31. The summed E-state index contributed by atoms with van der Waals surface area (Å²) in [4.78, 5) is 1.23. The van der Waals surface area contributed by atoms with Crippen molar-refractivity contribution in [3.8, 4) is 0 Å². The van der Waals surface area contributed by atoms with Crippen molar-refractivity contribution >= 4 is 17.3 Å². The molecule has 0 saturated carbocycles. The average molecular weight is 309 g/mol. The van der Waals surface area contributed by atoms with Gasteiger partial charge in [0.2, 0.25) is 0 Å². The molecule has 0 aliphatic carbocycles. The molecule has 2 nitrogen and oxygen atoms in total. The van der Waals surface area contributed by atoms with Crippen LogP contribution in [-0.4, -0.2) is 25.8 Å². The predicted octanol–water partition coefficient (Wildman–Crippen LogP) is 4.40. The summed E-state index contributed by atoms with van der Waals surface area (Å²) in [6.07, 6.45) is -4.24. The van der Waals surface area contributed by atoms with Crippen LogP contribution in [-0.2, 0) is 0 Å². The van der Waals surface area contributed by atoms with E-state index in [4.69, 9.17) is 11.6 Å². The van der Waals surface area contributed by atoms with Crippen LogP contribution in [0.1, 0.15) is 32.4 Å². The smallest absolute Gasteiger partial charge is 0.362 e. The van der Waals surface area contributed by atoms with Crippen LogP contribution in [0.5, 0.6) is 0 Å². The number of halogens is 4. The van der Waals surface area contributed by atoms with Crippen molar-refractivity contribution in [2.45, 2.75) is 33.0 Å². The fraction of sp³-hybridized carbons (Fsp3) is 0.571. The maximum absolute atomic E-state index is 12.5. The van der Waals surface area contributed by atoms with E-state index in [1.807, 2.05) is 19.9 Å². The first-order valence-electron chi connectivity index (χ1n) is 6.63. The SMILES string of the molecule is CCNC(C)c1ccc(N(CC)CC(F)(F)F)c(Cl)c1. The zero-order chi connectivity index (χ0) is 15.3. The summed E-state index contributed by atoms with van der Waals surface area (Å²) in [5, 5.41) is 3.58. The number of rotatable bonds is 6. The Labute approximate surface area is 122 Å². The topological polar surface area (TPSA) is 15.3 Å². The third-order valence-electron chi connectivity index (χ3n) is 3.07. The van der Waals surface area contributed by atoms with E-state index in [-0.39, 0.29) is 12.6 Å². The molecule has 0 aliphatic heterocycles. The van der Waals surface area contributed by atoms with Crippen molar-refractivity contribution in [1.29, 1.82) is 0 Å². The number of nitrogens with zero attached hydrogens (tertiary/aromatic N) is 1. The molecule has 1 atom stereocenters. The van der Waals surface area contributed by atoms with E-state index in [1.165, 1.54) is 4.90 Å². The minimum atomic E-state index is -4.24. The first kappa shape index (κ1) is 17.1. The molecule has 1 unspecified atom stereocenters. The number of alkyl halides is 3. The van der Waals surface area contributed by atoms with Gasteiger partial charge in [-0.1, -0.05) is 24.6 Å². The van der Waals surface area contributed by atoms with Crippen LogP contribution in [0.2, 0.25) is 5.02 Å². The zero-order valence-corrected chi connectivity index (χ0v) is 12.6. The number of benzene rings is 1. The summed E-state index contributed by atoms with van der Waals surface area (Å²) >= 11 is 6.14. The fourth-order valence-electron chi connectivity index (χ4n) is 2.06. The van der Waals surface area contributed by atoms with E-state index in [9.17, 15) is 13.2 Å². The van der Waals surface area contributed by atoms with Gasteiger partial charge in [0.1, 0.15) is 6.54 Å². The van der Waals surface area contributed by atoms with Crippen LogP contribution < -0.4 is 10.2 Å². The van der Waals surface area contributed by atoms with Crippen molar-refractivity contribution in [1.82, 2.24) is 5.32 Å². The highest BCUT2D eigenvalue weighted by atomic mass is 35.5. The summed E-state index contributed by atoms with van der Waals surface area (Å²) in [5.41, 5.74) is 1.38. The molecule has 1 aromatic carbocycles. The van der Waals surface area contributed by atoms with Gasteiger partial charge in [-0.05, 0) is 38.1 Å². The van der Waals surface area contributed by atoms with Gasteiger partial charge in [0.25, 0.3) is 0 Å². The van der Waals surface area contributed by atoms with Crippen molar-refractivity contribution in [3.63, 3.8) is 0 Å². The van der Waals surface area contributed by atoms with Crippen LogP contribution in [0.3, 0.4) is 0 Å². The summed E-state index contributed by atoms with van der Waals surface area (Å²) in [6.45, 7) is 5.73. The Morgan fingerprint density at radius 3 is 2.40 bits per heavy atom. The van der Waals surface area contributed by atoms with Crippen LogP contribution in [0.15, 0.2) is 18.2 Å². The second-order valence-corrected chi connectivity index (χ2v) is 5.03. The summed E-state index contributed by atoms with van der Waals surface area (Å²) in [5.74, 6) is 0. The standard InChI is InChI=1S/C14H20ClF3N2/c1-4-19-10(3)11-6-7-13(12(15)8-11)20(5-2)9-14(16,17)18/h6-8,10,19H,4-5,9H2,1-3H3. The highest BCUT2D eigenvalue weighted by Gasteiger charge is 2.31. The Morgan fingerprint density at radius 2 is 1.95 bits per heavy atom. The van der Waals surface area contributed by atoms with Crippen molar-refractivity contribution in [3.05, 3.63) is 28.8 Å². The predicted molar refractivity (Wildman–Crippen MR) is 77.5 cm³/mol. The van der Waals surface area contributed by atoms with Crippen molar-refractivity contribution < 1.29 is 13.2 Å². The molecule has 6 heteroatoms. The summed E-state index contributed by atoms with van der Waals surface area (Å²) in [6, 6.07) is 5.31. The first-order chi connectivity index (χ1) is 9.28. The van der Waals surface area contributed by atoms with Crippen LogP contribution >= 0.6 is 11.6 Å². The molecule has 0 spiro atoms. The zero-order valence-electron chi connectivity index (χ0n) is 11.9. The first-order valence-corrected chi connectivity index (χ1v) is 7.00. The van der Waals surface area contributed by atoms with Crippen LogP contribution in [0.4, 0.5) is 18.9 Å². The van der Waals surface area contributed by atoms with Gasteiger partial charge in [-0.15, -0.1) is 0 Å². The van der Waals surface area contributed by atoms with Gasteiger partial charge >= 0.3 is 6.18 Å². The number of anilines is 1.